The highest BCUT2D eigenvalue weighted by Gasteiger charge is 2.34. The molecule has 3 aromatic carbocycles. The molecule has 2 amide bonds. The Labute approximate surface area is 230 Å². The van der Waals surface area contributed by atoms with Crippen LogP contribution in [0.3, 0.4) is 0 Å². The van der Waals surface area contributed by atoms with Crippen molar-refractivity contribution in [1.82, 2.24) is 10.7 Å². The Bertz CT molecular complexity index is 1170. The van der Waals surface area contributed by atoms with Gasteiger partial charge in [0.1, 0.15) is 25.3 Å². The zero-order valence-electron chi connectivity index (χ0n) is 22.4. The summed E-state index contributed by atoms with van der Waals surface area (Å²) in [7, 11) is 1.87. The van der Waals surface area contributed by atoms with E-state index in [0.717, 1.165) is 11.1 Å². The highest BCUT2D eigenvalue weighted by Crippen LogP contribution is 2.16. The number of quaternary nitrogens is 1. The summed E-state index contributed by atoms with van der Waals surface area (Å²) in [5.74, 6) is -0.243. The number of carbonyl (C=O) groups is 2. The zero-order chi connectivity index (χ0) is 27.5. The van der Waals surface area contributed by atoms with E-state index in [-0.39, 0.29) is 23.1 Å². The second-order valence-electron chi connectivity index (χ2n) is 10.3. The molecule has 8 heteroatoms. The summed E-state index contributed by atoms with van der Waals surface area (Å²) in [6.45, 7) is 1.72. The molecule has 1 heterocycles. The lowest BCUT2D eigenvalue weighted by Gasteiger charge is -2.37. The molecule has 0 aromatic heterocycles. The van der Waals surface area contributed by atoms with Gasteiger partial charge in [0.05, 0.1) is 26.3 Å². The molecule has 8 nitrogen and oxygen atoms in total. The average molecular weight is 533 g/mol. The van der Waals surface area contributed by atoms with E-state index in [4.69, 9.17) is 9.47 Å². The predicted molar refractivity (Wildman–Crippen MR) is 149 cm³/mol. The Kier molecular flexibility index (Phi) is 10.1. The van der Waals surface area contributed by atoms with Gasteiger partial charge in [0.15, 0.2) is 0 Å². The van der Waals surface area contributed by atoms with Crippen LogP contribution in [0.25, 0.3) is 0 Å². The summed E-state index contributed by atoms with van der Waals surface area (Å²) in [5.41, 5.74) is 5.62. The Balaban J connectivity index is 1.52. The number of alkyl carbamates (subject to hydrolysis) is 1. The van der Waals surface area contributed by atoms with Gasteiger partial charge in [0.25, 0.3) is 5.91 Å². The third kappa shape index (κ3) is 8.92. The maximum atomic E-state index is 13.2. The van der Waals surface area contributed by atoms with Crippen LogP contribution >= 0.6 is 0 Å². The Morgan fingerprint density at radius 1 is 0.923 bits per heavy atom. The topological polar surface area (TPSA) is 96.9 Å². The summed E-state index contributed by atoms with van der Waals surface area (Å²) in [4.78, 5) is 26.1. The van der Waals surface area contributed by atoms with Crippen molar-refractivity contribution in [3.63, 3.8) is 0 Å². The molecule has 1 aliphatic rings. The van der Waals surface area contributed by atoms with Gasteiger partial charge >= 0.3 is 6.09 Å². The van der Waals surface area contributed by atoms with E-state index in [0.29, 0.717) is 44.6 Å². The van der Waals surface area contributed by atoms with Gasteiger partial charge in [-0.3, -0.25) is 4.79 Å². The number of rotatable bonds is 11. The molecular weight excluding hydrogens is 494 g/mol. The summed E-state index contributed by atoms with van der Waals surface area (Å²) < 4.78 is 11.0. The van der Waals surface area contributed by atoms with Gasteiger partial charge in [-0.2, -0.15) is 5.43 Å². The fourth-order valence-electron chi connectivity index (χ4n) is 4.86. The summed E-state index contributed by atoms with van der Waals surface area (Å²) in [6, 6.07) is 27.9. The predicted octanol–water partition coefficient (Wildman–Crippen LogP) is 3.86. The van der Waals surface area contributed by atoms with Gasteiger partial charge in [0.2, 0.25) is 0 Å². The van der Waals surface area contributed by atoms with E-state index in [9.17, 15) is 14.7 Å². The van der Waals surface area contributed by atoms with Crippen LogP contribution in [-0.2, 0) is 22.4 Å². The molecule has 1 aliphatic heterocycles. The highest BCUT2D eigenvalue weighted by atomic mass is 16.6. The second-order valence-corrected chi connectivity index (χ2v) is 10.3. The highest BCUT2D eigenvalue weighted by molar-refractivity contribution is 5.93. The van der Waals surface area contributed by atoms with Crippen molar-refractivity contribution in [2.45, 2.75) is 44.1 Å². The molecule has 0 saturated carbocycles. The third-order valence-corrected chi connectivity index (χ3v) is 6.88. The normalized spacial score (nSPS) is 16.9. The SMILES string of the molecule is C[N+](Cc1ccccc1)(C[C@H](O)[C@H](Cc1ccccc1)NC(=O)OC1CCOCC1)NC(=O)c1ccccc1. The molecule has 0 bridgehead atoms. The number of aliphatic hydroxyl groups excluding tert-OH is 1. The molecule has 0 aliphatic carbocycles. The number of likely N-dealkylation sites (N-methyl/N-ethyl adjacent to an activating group) is 1. The lowest BCUT2D eigenvalue weighted by Crippen LogP contribution is -2.62. The largest absolute Gasteiger partial charge is 0.446 e. The van der Waals surface area contributed by atoms with Crippen molar-refractivity contribution in [3.8, 4) is 0 Å². The number of aliphatic hydroxyl groups is 1. The lowest BCUT2D eigenvalue weighted by atomic mass is 10.0. The maximum absolute atomic E-state index is 13.2. The van der Waals surface area contributed by atoms with Crippen LogP contribution < -0.4 is 10.7 Å². The summed E-state index contributed by atoms with van der Waals surface area (Å²) in [5, 5.41) is 14.5. The molecule has 3 atom stereocenters. The first-order valence-corrected chi connectivity index (χ1v) is 13.4. The van der Waals surface area contributed by atoms with Crippen molar-refractivity contribution in [2.75, 3.05) is 26.8 Å². The Hall–Kier alpha value is -3.72. The van der Waals surface area contributed by atoms with Crippen LogP contribution in [0.1, 0.15) is 34.3 Å². The molecular formula is C31H38N3O5+. The molecule has 0 spiro atoms. The van der Waals surface area contributed by atoms with Crippen LogP contribution in [-0.4, -0.2) is 66.8 Å². The average Bonchev–Trinajstić information content (AvgIpc) is 2.94. The smallest absolute Gasteiger partial charge is 0.407 e. The maximum Gasteiger partial charge on any atom is 0.407 e. The van der Waals surface area contributed by atoms with E-state index in [2.05, 4.69) is 10.7 Å². The fourth-order valence-corrected chi connectivity index (χ4v) is 4.86. The van der Waals surface area contributed by atoms with Crippen LogP contribution in [0.5, 0.6) is 0 Å². The van der Waals surface area contributed by atoms with Crippen molar-refractivity contribution in [2.24, 2.45) is 0 Å². The summed E-state index contributed by atoms with van der Waals surface area (Å²) in [6.07, 6.45) is -0.0568. The zero-order valence-corrected chi connectivity index (χ0v) is 22.4. The lowest BCUT2D eigenvalue weighted by molar-refractivity contribution is -0.958. The minimum absolute atomic E-state index is 0.0287. The molecule has 206 valence electrons. The van der Waals surface area contributed by atoms with E-state index in [1.165, 1.54) is 0 Å². The van der Waals surface area contributed by atoms with E-state index < -0.39 is 18.2 Å². The molecule has 3 N–H and O–H groups in total. The minimum atomic E-state index is -0.989. The van der Waals surface area contributed by atoms with Crippen LogP contribution in [0.2, 0.25) is 0 Å². The minimum Gasteiger partial charge on any atom is -0.446 e. The molecule has 1 unspecified atom stereocenters. The quantitative estimate of drug-likeness (QED) is 0.258. The number of nitrogens with one attached hydrogen (secondary N) is 2. The van der Waals surface area contributed by atoms with Crippen LogP contribution in [0, 0.1) is 0 Å². The summed E-state index contributed by atoms with van der Waals surface area (Å²) >= 11 is 0. The number of benzene rings is 3. The van der Waals surface area contributed by atoms with Gasteiger partial charge in [-0.1, -0.05) is 78.9 Å². The van der Waals surface area contributed by atoms with Crippen molar-refractivity contribution < 1.29 is 28.8 Å². The molecule has 1 fully saturated rings. The van der Waals surface area contributed by atoms with Crippen molar-refractivity contribution >= 4 is 12.0 Å². The second kappa shape index (κ2) is 13.9. The van der Waals surface area contributed by atoms with Crippen LogP contribution in [0.15, 0.2) is 91.0 Å². The van der Waals surface area contributed by atoms with Gasteiger partial charge in [-0.15, -0.1) is 0 Å². The Morgan fingerprint density at radius 2 is 1.49 bits per heavy atom. The van der Waals surface area contributed by atoms with Gasteiger partial charge < -0.3 is 19.9 Å². The number of hydrogen-bond donors (Lipinski definition) is 3. The monoisotopic (exact) mass is 532 g/mol. The van der Waals surface area contributed by atoms with E-state index in [1.54, 1.807) is 12.1 Å². The molecule has 0 radical (unpaired) electrons. The Morgan fingerprint density at radius 3 is 2.10 bits per heavy atom. The number of amides is 2. The van der Waals surface area contributed by atoms with Crippen LogP contribution in [0.4, 0.5) is 4.79 Å². The number of nitrogens with zero attached hydrogens (tertiary/aromatic N) is 1. The van der Waals surface area contributed by atoms with Gasteiger partial charge in [-0.25, -0.2) is 9.39 Å². The molecule has 1 saturated heterocycles. The van der Waals surface area contributed by atoms with Crippen molar-refractivity contribution in [1.29, 1.82) is 0 Å². The third-order valence-electron chi connectivity index (χ3n) is 6.88. The fraction of sp³-hybridized carbons (Fsp3) is 0.355. The number of ether oxygens (including phenoxy) is 2. The molecule has 4 rings (SSSR count). The number of hydrogen-bond acceptors (Lipinski definition) is 5. The number of carbonyl (C=O) groups excluding carboxylic acids is 2. The first-order chi connectivity index (χ1) is 18.9. The molecule has 3 aromatic rings. The first-order valence-electron chi connectivity index (χ1n) is 13.4. The van der Waals surface area contributed by atoms with Gasteiger partial charge in [0, 0.05) is 24.0 Å². The first kappa shape index (κ1) is 28.3. The van der Waals surface area contributed by atoms with E-state index in [1.807, 2.05) is 85.9 Å². The van der Waals surface area contributed by atoms with Gasteiger partial charge in [-0.05, 0) is 24.1 Å². The standard InChI is InChI=1S/C31H37N3O5/c1-34(22-25-13-7-3-8-14-25,33-30(36)26-15-9-4-10-16-26)23-29(35)28(21-24-11-5-2-6-12-24)32-31(37)39-27-17-19-38-20-18-27/h2-16,27-29,35H,17-23H2,1H3,(H-,32,33,36,37)/p+1/t28-,29-,34?/m0/s1. The molecule has 39 heavy (non-hydrogen) atoms. The van der Waals surface area contributed by atoms with Crippen molar-refractivity contribution in [3.05, 3.63) is 108 Å². The van der Waals surface area contributed by atoms with E-state index >= 15 is 0 Å².